The summed E-state index contributed by atoms with van der Waals surface area (Å²) < 4.78 is 6.12. The second kappa shape index (κ2) is 10.7. The molecule has 32 heavy (non-hydrogen) atoms. The standard InChI is InChI=1S/C25H47N5O2/c1-16-7-8-18(28-23(31)21-9-10-22(32-21)25(2,3)4)14-20(16)30-24-27-13-11-19(29-24)17-6-5-12-26-15-17/h16-22,24,26-27,29-30H,5-15H2,1-4H3,(H,28,31). The number of nitrogens with one attached hydrogen (secondary N) is 5. The van der Waals surface area contributed by atoms with Crippen molar-refractivity contribution >= 4 is 5.91 Å². The molecule has 4 fully saturated rings. The first-order valence-electron chi connectivity index (χ1n) is 13.2. The van der Waals surface area contributed by atoms with Crippen molar-refractivity contribution in [1.29, 1.82) is 0 Å². The Kier molecular flexibility index (Phi) is 8.14. The van der Waals surface area contributed by atoms with Crippen molar-refractivity contribution in [3.8, 4) is 0 Å². The maximum atomic E-state index is 12.9. The lowest BCUT2D eigenvalue weighted by Gasteiger charge is -2.42. The van der Waals surface area contributed by atoms with Crippen molar-refractivity contribution in [1.82, 2.24) is 26.6 Å². The number of ether oxygens (including phenoxy) is 1. The summed E-state index contributed by atoms with van der Waals surface area (Å²) in [7, 11) is 0. The van der Waals surface area contributed by atoms with Crippen LogP contribution in [-0.4, -0.2) is 62.2 Å². The van der Waals surface area contributed by atoms with Gasteiger partial charge in [0.2, 0.25) is 5.91 Å². The Morgan fingerprint density at radius 2 is 1.88 bits per heavy atom. The van der Waals surface area contributed by atoms with E-state index in [2.05, 4.69) is 54.3 Å². The van der Waals surface area contributed by atoms with Gasteiger partial charge in [-0.2, -0.15) is 0 Å². The molecule has 0 bridgehead atoms. The molecule has 0 aromatic heterocycles. The van der Waals surface area contributed by atoms with E-state index in [9.17, 15) is 4.79 Å². The summed E-state index contributed by atoms with van der Waals surface area (Å²) in [6.07, 6.45) is 8.86. The predicted octanol–water partition coefficient (Wildman–Crippen LogP) is 2.08. The van der Waals surface area contributed by atoms with Crippen molar-refractivity contribution in [2.45, 2.75) is 116 Å². The Hall–Kier alpha value is -0.730. The van der Waals surface area contributed by atoms with Crippen LogP contribution in [0.4, 0.5) is 0 Å². The number of amides is 1. The molecular weight excluding hydrogens is 402 g/mol. The van der Waals surface area contributed by atoms with Crippen LogP contribution in [-0.2, 0) is 9.53 Å². The van der Waals surface area contributed by atoms with Crippen molar-refractivity contribution in [2.75, 3.05) is 19.6 Å². The van der Waals surface area contributed by atoms with Crippen molar-refractivity contribution in [3.63, 3.8) is 0 Å². The first kappa shape index (κ1) is 24.4. The Bertz CT molecular complexity index is 618. The first-order valence-corrected chi connectivity index (χ1v) is 13.2. The van der Waals surface area contributed by atoms with E-state index >= 15 is 0 Å². The zero-order valence-corrected chi connectivity index (χ0v) is 20.7. The van der Waals surface area contributed by atoms with Gasteiger partial charge in [-0.05, 0) is 88.3 Å². The van der Waals surface area contributed by atoms with E-state index in [1.54, 1.807) is 0 Å². The molecule has 4 rings (SSSR count). The van der Waals surface area contributed by atoms with Gasteiger partial charge >= 0.3 is 0 Å². The summed E-state index contributed by atoms with van der Waals surface area (Å²) in [4.78, 5) is 12.9. The fraction of sp³-hybridized carbons (Fsp3) is 0.960. The average Bonchev–Trinajstić information content (AvgIpc) is 3.28. The number of hydrogen-bond donors (Lipinski definition) is 5. The molecule has 7 heteroatoms. The minimum atomic E-state index is -0.281. The lowest BCUT2D eigenvalue weighted by atomic mass is 9.82. The minimum Gasteiger partial charge on any atom is -0.365 e. The topological polar surface area (TPSA) is 86.5 Å². The Morgan fingerprint density at radius 3 is 2.59 bits per heavy atom. The molecule has 1 saturated carbocycles. The highest BCUT2D eigenvalue weighted by Gasteiger charge is 2.39. The SMILES string of the molecule is CC1CCC(NC(=O)C2CCC(C(C)(C)C)O2)CC1NC1NCCC(C2CCCNC2)N1. The monoisotopic (exact) mass is 449 g/mol. The smallest absolute Gasteiger partial charge is 0.249 e. The van der Waals surface area contributed by atoms with Crippen molar-refractivity contribution < 1.29 is 9.53 Å². The third kappa shape index (κ3) is 6.23. The molecule has 4 aliphatic rings. The first-order chi connectivity index (χ1) is 15.3. The summed E-state index contributed by atoms with van der Waals surface area (Å²) in [5.74, 6) is 1.43. The number of rotatable bonds is 5. The number of carbonyl (C=O) groups is 1. The quantitative estimate of drug-likeness (QED) is 0.442. The van der Waals surface area contributed by atoms with E-state index < -0.39 is 0 Å². The predicted molar refractivity (Wildman–Crippen MR) is 128 cm³/mol. The van der Waals surface area contributed by atoms with Crippen LogP contribution >= 0.6 is 0 Å². The Labute approximate surface area is 194 Å². The van der Waals surface area contributed by atoms with Crippen LogP contribution in [0, 0.1) is 17.3 Å². The van der Waals surface area contributed by atoms with Gasteiger partial charge in [-0.3, -0.25) is 20.7 Å². The highest BCUT2D eigenvalue weighted by molar-refractivity contribution is 5.81. The second-order valence-electron chi connectivity index (χ2n) is 11.9. The molecule has 184 valence electrons. The molecule has 3 heterocycles. The number of carbonyl (C=O) groups excluding carboxylic acids is 1. The zero-order chi connectivity index (χ0) is 22.7. The van der Waals surface area contributed by atoms with E-state index in [1.165, 1.54) is 25.8 Å². The molecule has 0 radical (unpaired) electrons. The summed E-state index contributed by atoms with van der Waals surface area (Å²) in [6, 6.07) is 1.20. The molecule has 1 aliphatic carbocycles. The van der Waals surface area contributed by atoms with Gasteiger partial charge in [0, 0.05) is 18.1 Å². The van der Waals surface area contributed by atoms with Gasteiger partial charge in [-0.25, -0.2) is 0 Å². The fourth-order valence-electron chi connectivity index (χ4n) is 6.10. The second-order valence-corrected chi connectivity index (χ2v) is 11.9. The Balaban J connectivity index is 1.25. The van der Waals surface area contributed by atoms with Crippen LogP contribution in [0.3, 0.4) is 0 Å². The highest BCUT2D eigenvalue weighted by Crippen LogP contribution is 2.33. The van der Waals surface area contributed by atoms with Crippen LogP contribution in [0.1, 0.15) is 79.1 Å². The van der Waals surface area contributed by atoms with Crippen molar-refractivity contribution in [2.24, 2.45) is 17.3 Å². The molecule has 0 aromatic carbocycles. The molecule has 8 atom stereocenters. The molecule has 5 N–H and O–H groups in total. The van der Waals surface area contributed by atoms with Crippen LogP contribution in [0.25, 0.3) is 0 Å². The van der Waals surface area contributed by atoms with E-state index in [0.717, 1.165) is 51.1 Å². The normalized spacial score (nSPS) is 41.4. The maximum absolute atomic E-state index is 12.9. The lowest BCUT2D eigenvalue weighted by molar-refractivity contribution is -0.135. The maximum Gasteiger partial charge on any atom is 0.249 e. The largest absolute Gasteiger partial charge is 0.365 e. The van der Waals surface area contributed by atoms with Crippen LogP contribution < -0.4 is 26.6 Å². The van der Waals surface area contributed by atoms with Crippen LogP contribution in [0.2, 0.25) is 0 Å². The molecule has 0 spiro atoms. The third-order valence-electron chi connectivity index (χ3n) is 8.29. The summed E-state index contributed by atoms with van der Waals surface area (Å²) in [6.45, 7) is 12.3. The Morgan fingerprint density at radius 1 is 1.03 bits per heavy atom. The van der Waals surface area contributed by atoms with Gasteiger partial charge in [0.05, 0.1) is 6.10 Å². The minimum absolute atomic E-state index is 0.0915. The summed E-state index contributed by atoms with van der Waals surface area (Å²) >= 11 is 0. The van der Waals surface area contributed by atoms with Gasteiger partial charge in [0.1, 0.15) is 12.4 Å². The fourth-order valence-corrected chi connectivity index (χ4v) is 6.10. The van der Waals surface area contributed by atoms with Gasteiger partial charge in [0.25, 0.3) is 0 Å². The van der Waals surface area contributed by atoms with E-state index in [0.29, 0.717) is 18.0 Å². The van der Waals surface area contributed by atoms with Crippen LogP contribution in [0.15, 0.2) is 0 Å². The van der Waals surface area contributed by atoms with Gasteiger partial charge in [0.15, 0.2) is 0 Å². The molecule has 3 aliphatic heterocycles. The highest BCUT2D eigenvalue weighted by atomic mass is 16.5. The molecule has 7 nitrogen and oxygen atoms in total. The summed E-state index contributed by atoms with van der Waals surface area (Å²) in [5.41, 5.74) is 0.0931. The van der Waals surface area contributed by atoms with E-state index in [-0.39, 0.29) is 35.9 Å². The van der Waals surface area contributed by atoms with Crippen LogP contribution in [0.5, 0.6) is 0 Å². The average molecular weight is 450 g/mol. The third-order valence-corrected chi connectivity index (χ3v) is 8.29. The van der Waals surface area contributed by atoms with E-state index in [1.807, 2.05) is 0 Å². The van der Waals surface area contributed by atoms with Crippen molar-refractivity contribution in [3.05, 3.63) is 0 Å². The van der Waals surface area contributed by atoms with Gasteiger partial charge in [-0.1, -0.05) is 27.7 Å². The number of hydrogen-bond acceptors (Lipinski definition) is 6. The van der Waals surface area contributed by atoms with Gasteiger partial charge < -0.3 is 15.4 Å². The molecule has 8 unspecified atom stereocenters. The molecule has 1 amide bonds. The lowest BCUT2D eigenvalue weighted by Crippen LogP contribution is -2.66. The summed E-state index contributed by atoms with van der Waals surface area (Å²) in [5, 5.41) is 18.2. The molecule has 0 aromatic rings. The number of piperidine rings is 1. The molecular formula is C25H47N5O2. The van der Waals surface area contributed by atoms with Gasteiger partial charge in [-0.15, -0.1) is 0 Å². The molecule has 3 saturated heterocycles. The zero-order valence-electron chi connectivity index (χ0n) is 20.7. The van der Waals surface area contributed by atoms with E-state index in [4.69, 9.17) is 4.74 Å².